The minimum atomic E-state index is -0.434. The summed E-state index contributed by atoms with van der Waals surface area (Å²) in [6, 6.07) is 6.36. The minimum absolute atomic E-state index is 0.117. The minimum Gasteiger partial charge on any atom is -0.465 e. The Labute approximate surface area is 165 Å². The van der Waals surface area contributed by atoms with E-state index in [1.807, 2.05) is 0 Å². The molecule has 4 bridgehead atoms. The van der Waals surface area contributed by atoms with Crippen molar-refractivity contribution >= 4 is 23.5 Å². The average molecular weight is 385 g/mol. The topological polar surface area (TPSA) is 81.7 Å². The summed E-state index contributed by atoms with van der Waals surface area (Å²) in [6.07, 6.45) is 7.90. The Kier molecular flexibility index (Phi) is 5.13. The van der Waals surface area contributed by atoms with Gasteiger partial charge in [-0.1, -0.05) is 0 Å². The van der Waals surface area contributed by atoms with Crippen LogP contribution in [-0.4, -0.2) is 31.6 Å². The number of esters is 2. The lowest BCUT2D eigenvalue weighted by Crippen LogP contribution is -2.47. The van der Waals surface area contributed by atoms with Crippen molar-refractivity contribution in [1.29, 1.82) is 0 Å². The van der Waals surface area contributed by atoms with Crippen LogP contribution in [0.15, 0.2) is 24.3 Å². The fraction of sp³-hybridized carbons (Fsp3) is 0.591. The Morgan fingerprint density at radius 1 is 1.00 bits per heavy atom. The smallest absolute Gasteiger partial charge is 0.337 e. The standard InChI is InChI=1S/C22H27NO5/c1-27-21(26)17-2-4-18(5-3-17)23-19(24)13-28-20(25)12-22-9-14-6-15(10-22)8-16(7-14)11-22/h2-5,14-16H,6-13H2,1H3,(H,23,24). The van der Waals surface area contributed by atoms with Crippen molar-refractivity contribution in [3.63, 3.8) is 0 Å². The maximum absolute atomic E-state index is 12.4. The van der Waals surface area contributed by atoms with E-state index in [4.69, 9.17) is 4.74 Å². The number of ether oxygens (including phenoxy) is 2. The number of amides is 1. The highest BCUT2D eigenvalue weighted by molar-refractivity contribution is 5.94. The van der Waals surface area contributed by atoms with Crippen LogP contribution in [0.1, 0.15) is 55.3 Å². The van der Waals surface area contributed by atoms with Gasteiger partial charge < -0.3 is 14.8 Å². The van der Waals surface area contributed by atoms with Gasteiger partial charge in [0.2, 0.25) is 0 Å². The lowest BCUT2D eigenvalue weighted by atomic mass is 9.49. The zero-order valence-corrected chi connectivity index (χ0v) is 16.2. The van der Waals surface area contributed by atoms with Crippen LogP contribution in [0.3, 0.4) is 0 Å². The summed E-state index contributed by atoms with van der Waals surface area (Å²) in [5, 5.41) is 2.67. The second-order valence-electron chi connectivity index (χ2n) is 8.87. The molecular formula is C22H27NO5. The number of nitrogens with one attached hydrogen (secondary N) is 1. The zero-order chi connectivity index (χ0) is 19.7. The predicted molar refractivity (Wildman–Crippen MR) is 103 cm³/mol. The van der Waals surface area contributed by atoms with Gasteiger partial charge in [0.25, 0.3) is 5.91 Å². The quantitative estimate of drug-likeness (QED) is 0.757. The third kappa shape index (κ3) is 4.05. The van der Waals surface area contributed by atoms with Crippen LogP contribution in [0, 0.1) is 23.2 Å². The Morgan fingerprint density at radius 2 is 1.57 bits per heavy atom. The van der Waals surface area contributed by atoms with Crippen molar-refractivity contribution in [3.8, 4) is 0 Å². The molecule has 1 aromatic rings. The monoisotopic (exact) mass is 385 g/mol. The highest BCUT2D eigenvalue weighted by Crippen LogP contribution is 2.61. The highest BCUT2D eigenvalue weighted by atomic mass is 16.5. The fourth-order valence-electron chi connectivity index (χ4n) is 6.01. The van der Waals surface area contributed by atoms with Crippen molar-refractivity contribution in [2.75, 3.05) is 19.0 Å². The first-order valence-electron chi connectivity index (χ1n) is 10.1. The van der Waals surface area contributed by atoms with Crippen molar-refractivity contribution in [3.05, 3.63) is 29.8 Å². The zero-order valence-electron chi connectivity index (χ0n) is 16.2. The molecule has 6 heteroatoms. The van der Waals surface area contributed by atoms with E-state index in [1.165, 1.54) is 26.4 Å². The molecule has 4 aliphatic carbocycles. The van der Waals surface area contributed by atoms with E-state index >= 15 is 0 Å². The summed E-state index contributed by atoms with van der Waals surface area (Å²) >= 11 is 0. The molecule has 0 unspecified atom stereocenters. The highest BCUT2D eigenvalue weighted by Gasteiger charge is 2.51. The van der Waals surface area contributed by atoms with Gasteiger partial charge in [-0.2, -0.15) is 0 Å². The Balaban J connectivity index is 1.25. The molecule has 1 aromatic carbocycles. The Morgan fingerprint density at radius 3 is 2.11 bits per heavy atom. The molecule has 150 valence electrons. The van der Waals surface area contributed by atoms with Gasteiger partial charge in [-0.3, -0.25) is 9.59 Å². The van der Waals surface area contributed by atoms with Gasteiger partial charge in [-0.15, -0.1) is 0 Å². The maximum Gasteiger partial charge on any atom is 0.337 e. The number of rotatable bonds is 6. The van der Waals surface area contributed by atoms with E-state index in [0.29, 0.717) is 17.7 Å². The molecule has 0 radical (unpaired) electrons. The van der Waals surface area contributed by atoms with Crippen LogP contribution in [0.4, 0.5) is 5.69 Å². The van der Waals surface area contributed by atoms with E-state index in [1.54, 1.807) is 24.3 Å². The van der Waals surface area contributed by atoms with E-state index < -0.39 is 5.97 Å². The normalized spacial score (nSPS) is 30.0. The van der Waals surface area contributed by atoms with E-state index in [2.05, 4.69) is 10.1 Å². The third-order valence-electron chi connectivity index (χ3n) is 6.64. The predicted octanol–water partition coefficient (Wildman–Crippen LogP) is 3.56. The first kappa shape index (κ1) is 19.0. The van der Waals surface area contributed by atoms with Gasteiger partial charge in [-0.25, -0.2) is 4.79 Å². The van der Waals surface area contributed by atoms with Crippen LogP contribution in [0.2, 0.25) is 0 Å². The van der Waals surface area contributed by atoms with E-state index in [-0.39, 0.29) is 23.9 Å². The Bertz CT molecular complexity index is 734. The maximum atomic E-state index is 12.4. The summed E-state index contributed by atoms with van der Waals surface area (Å²) in [5.41, 5.74) is 1.06. The molecule has 6 nitrogen and oxygen atoms in total. The van der Waals surface area contributed by atoms with Crippen LogP contribution in [0.5, 0.6) is 0 Å². The number of hydrogen-bond donors (Lipinski definition) is 1. The van der Waals surface area contributed by atoms with Gasteiger partial charge in [0, 0.05) is 5.69 Å². The molecule has 0 aromatic heterocycles. The number of carbonyl (C=O) groups is 3. The van der Waals surface area contributed by atoms with Crippen molar-refractivity contribution in [2.45, 2.75) is 44.9 Å². The van der Waals surface area contributed by atoms with Crippen LogP contribution in [-0.2, 0) is 19.1 Å². The van der Waals surface area contributed by atoms with Gasteiger partial charge >= 0.3 is 11.9 Å². The van der Waals surface area contributed by atoms with Crippen LogP contribution in [0.25, 0.3) is 0 Å². The summed E-state index contributed by atoms with van der Waals surface area (Å²) in [7, 11) is 1.32. The van der Waals surface area contributed by atoms with Gasteiger partial charge in [-0.05, 0) is 86.0 Å². The first-order chi connectivity index (χ1) is 13.4. The van der Waals surface area contributed by atoms with Crippen molar-refractivity contribution in [2.24, 2.45) is 23.2 Å². The number of benzene rings is 1. The summed E-state index contributed by atoms with van der Waals surface area (Å²) in [6.45, 7) is -0.288. The number of methoxy groups -OCH3 is 1. The molecule has 1 amide bonds. The molecule has 1 N–H and O–H groups in total. The molecule has 4 saturated carbocycles. The van der Waals surface area contributed by atoms with Crippen molar-refractivity contribution < 1.29 is 23.9 Å². The summed E-state index contributed by atoms with van der Waals surface area (Å²) in [4.78, 5) is 35.9. The van der Waals surface area contributed by atoms with Gasteiger partial charge in [0.05, 0.1) is 19.1 Å². The second kappa shape index (κ2) is 7.57. The van der Waals surface area contributed by atoms with Gasteiger partial charge in [0.1, 0.15) is 0 Å². The summed E-state index contributed by atoms with van der Waals surface area (Å²) in [5.74, 6) is 1.28. The second-order valence-corrected chi connectivity index (χ2v) is 8.87. The molecule has 4 aliphatic rings. The number of hydrogen-bond acceptors (Lipinski definition) is 5. The van der Waals surface area contributed by atoms with E-state index in [0.717, 1.165) is 37.0 Å². The molecule has 0 atom stereocenters. The average Bonchev–Trinajstić information content (AvgIpc) is 2.65. The fourth-order valence-corrected chi connectivity index (χ4v) is 6.01. The molecule has 28 heavy (non-hydrogen) atoms. The largest absolute Gasteiger partial charge is 0.465 e. The Hall–Kier alpha value is -2.37. The molecule has 5 rings (SSSR count). The molecule has 0 spiro atoms. The first-order valence-corrected chi connectivity index (χ1v) is 10.1. The number of carbonyl (C=O) groups excluding carboxylic acids is 3. The lowest BCUT2D eigenvalue weighted by Gasteiger charge is -2.56. The summed E-state index contributed by atoms with van der Waals surface area (Å²) < 4.78 is 9.91. The van der Waals surface area contributed by atoms with Crippen molar-refractivity contribution in [1.82, 2.24) is 0 Å². The van der Waals surface area contributed by atoms with Gasteiger partial charge in [0.15, 0.2) is 6.61 Å². The molecule has 4 fully saturated rings. The number of anilines is 1. The lowest BCUT2D eigenvalue weighted by molar-refractivity contribution is -0.154. The van der Waals surface area contributed by atoms with Crippen LogP contribution >= 0.6 is 0 Å². The van der Waals surface area contributed by atoms with E-state index in [9.17, 15) is 14.4 Å². The van der Waals surface area contributed by atoms with Crippen LogP contribution < -0.4 is 5.32 Å². The molecular weight excluding hydrogens is 358 g/mol. The molecule has 0 saturated heterocycles. The third-order valence-corrected chi connectivity index (χ3v) is 6.64. The molecule has 0 heterocycles. The SMILES string of the molecule is COC(=O)c1ccc(NC(=O)COC(=O)CC23CC4CC(CC(C4)C2)C3)cc1. The molecule has 0 aliphatic heterocycles.